The maximum absolute atomic E-state index is 12.2. The number of hydrogen-bond donors (Lipinski definition) is 1. The maximum Gasteiger partial charge on any atom is 0.323 e. The molecule has 0 radical (unpaired) electrons. The number of carbonyl (C=O) groups is 1. The first-order valence-corrected chi connectivity index (χ1v) is 7.73. The van der Waals surface area contributed by atoms with Crippen LogP contribution in [0.5, 0.6) is 0 Å². The Hall–Kier alpha value is -0.570. The van der Waals surface area contributed by atoms with Crippen LogP contribution in [0.2, 0.25) is 0 Å². The van der Waals surface area contributed by atoms with E-state index in [9.17, 15) is 4.79 Å². The fraction of sp³-hybridized carbons (Fsp3) is 0.933. The van der Waals surface area contributed by atoms with Crippen LogP contribution in [0.4, 0.5) is 0 Å². The lowest BCUT2D eigenvalue weighted by atomic mass is 9.90. The molecule has 2 atom stereocenters. The molecular formula is C15H27NO2. The van der Waals surface area contributed by atoms with Crippen molar-refractivity contribution in [1.29, 1.82) is 0 Å². The molecule has 1 N–H and O–H groups in total. The van der Waals surface area contributed by atoms with E-state index in [2.05, 4.69) is 12.2 Å². The summed E-state index contributed by atoms with van der Waals surface area (Å²) in [6.45, 7) is 3.17. The van der Waals surface area contributed by atoms with Crippen LogP contribution >= 0.6 is 0 Å². The minimum Gasteiger partial charge on any atom is -0.461 e. The van der Waals surface area contributed by atoms with Gasteiger partial charge in [-0.2, -0.15) is 0 Å². The SMILES string of the molecule is CCC1CCNC(C(=O)OC2CCCCCC2)C1. The molecule has 0 aromatic rings. The van der Waals surface area contributed by atoms with E-state index in [4.69, 9.17) is 4.74 Å². The summed E-state index contributed by atoms with van der Waals surface area (Å²) in [7, 11) is 0. The third kappa shape index (κ3) is 3.98. The summed E-state index contributed by atoms with van der Waals surface area (Å²) in [5.74, 6) is 0.693. The third-order valence-corrected chi connectivity index (χ3v) is 4.46. The molecule has 1 aliphatic heterocycles. The highest BCUT2D eigenvalue weighted by molar-refractivity contribution is 5.76. The number of esters is 1. The van der Waals surface area contributed by atoms with Gasteiger partial charge in [-0.05, 0) is 51.0 Å². The summed E-state index contributed by atoms with van der Waals surface area (Å²) < 4.78 is 5.70. The Morgan fingerprint density at radius 3 is 2.56 bits per heavy atom. The van der Waals surface area contributed by atoms with Crippen LogP contribution in [-0.4, -0.2) is 24.7 Å². The molecule has 0 aromatic heterocycles. The van der Waals surface area contributed by atoms with Gasteiger partial charge in [0.2, 0.25) is 0 Å². The van der Waals surface area contributed by atoms with Crippen LogP contribution < -0.4 is 5.32 Å². The van der Waals surface area contributed by atoms with E-state index in [0.717, 1.165) is 25.8 Å². The largest absolute Gasteiger partial charge is 0.461 e. The normalized spacial score (nSPS) is 30.7. The van der Waals surface area contributed by atoms with Crippen LogP contribution in [0.15, 0.2) is 0 Å². The molecule has 18 heavy (non-hydrogen) atoms. The first-order valence-electron chi connectivity index (χ1n) is 7.73. The van der Waals surface area contributed by atoms with Crippen LogP contribution in [0.3, 0.4) is 0 Å². The Bertz CT molecular complexity index is 259. The lowest BCUT2D eigenvalue weighted by Crippen LogP contribution is -2.45. The number of nitrogens with one attached hydrogen (secondary N) is 1. The summed E-state index contributed by atoms with van der Waals surface area (Å²) in [5.41, 5.74) is 0. The average molecular weight is 253 g/mol. The summed E-state index contributed by atoms with van der Waals surface area (Å²) in [5, 5.41) is 3.31. The zero-order valence-electron chi connectivity index (χ0n) is 11.6. The quantitative estimate of drug-likeness (QED) is 0.620. The standard InChI is InChI=1S/C15H27NO2/c1-2-12-9-10-16-14(11-12)15(17)18-13-7-5-3-4-6-8-13/h12-14,16H,2-11H2,1H3. The molecule has 0 bridgehead atoms. The third-order valence-electron chi connectivity index (χ3n) is 4.46. The van der Waals surface area contributed by atoms with Gasteiger partial charge in [0.1, 0.15) is 12.1 Å². The van der Waals surface area contributed by atoms with Crippen molar-refractivity contribution in [2.24, 2.45) is 5.92 Å². The molecule has 104 valence electrons. The first-order chi connectivity index (χ1) is 8.79. The summed E-state index contributed by atoms with van der Waals surface area (Å²) >= 11 is 0. The van der Waals surface area contributed by atoms with Crippen LogP contribution in [0, 0.1) is 5.92 Å². The van der Waals surface area contributed by atoms with Gasteiger partial charge in [0.15, 0.2) is 0 Å². The van der Waals surface area contributed by atoms with E-state index in [1.807, 2.05) is 0 Å². The fourth-order valence-electron chi connectivity index (χ4n) is 3.15. The average Bonchev–Trinajstić information content (AvgIpc) is 2.67. The lowest BCUT2D eigenvalue weighted by Gasteiger charge is -2.29. The second kappa shape index (κ2) is 7.13. The number of ether oxygens (including phenoxy) is 1. The number of piperidine rings is 1. The van der Waals surface area contributed by atoms with E-state index in [-0.39, 0.29) is 18.1 Å². The van der Waals surface area contributed by atoms with Crippen LogP contribution in [0.25, 0.3) is 0 Å². The second-order valence-corrected chi connectivity index (χ2v) is 5.86. The molecule has 0 spiro atoms. The van der Waals surface area contributed by atoms with Gasteiger partial charge in [-0.15, -0.1) is 0 Å². The fourth-order valence-corrected chi connectivity index (χ4v) is 3.15. The Labute approximate surface area is 111 Å². The highest BCUT2D eigenvalue weighted by Crippen LogP contribution is 2.23. The Morgan fingerprint density at radius 1 is 1.17 bits per heavy atom. The smallest absolute Gasteiger partial charge is 0.323 e. The molecule has 1 heterocycles. The molecule has 1 saturated heterocycles. The predicted octanol–water partition coefficient (Wildman–Crippen LogP) is 3.03. The molecular weight excluding hydrogens is 226 g/mol. The Kier molecular flexibility index (Phi) is 5.48. The second-order valence-electron chi connectivity index (χ2n) is 5.86. The van der Waals surface area contributed by atoms with Crippen LogP contribution in [0.1, 0.15) is 64.7 Å². The van der Waals surface area contributed by atoms with Gasteiger partial charge >= 0.3 is 5.97 Å². The molecule has 2 aliphatic rings. The van der Waals surface area contributed by atoms with Crippen molar-refractivity contribution >= 4 is 5.97 Å². The summed E-state index contributed by atoms with van der Waals surface area (Å²) in [6, 6.07) is -0.0491. The molecule has 0 amide bonds. The minimum atomic E-state index is -0.0491. The van der Waals surface area contributed by atoms with Gasteiger partial charge in [-0.1, -0.05) is 26.2 Å². The monoisotopic (exact) mass is 253 g/mol. The maximum atomic E-state index is 12.2. The predicted molar refractivity (Wildman–Crippen MR) is 72.4 cm³/mol. The van der Waals surface area contributed by atoms with Crippen molar-refractivity contribution in [3.05, 3.63) is 0 Å². The molecule has 2 unspecified atom stereocenters. The van der Waals surface area contributed by atoms with E-state index in [1.54, 1.807) is 0 Å². The molecule has 0 aromatic carbocycles. The van der Waals surface area contributed by atoms with Crippen molar-refractivity contribution < 1.29 is 9.53 Å². The minimum absolute atomic E-state index is 0.0000463. The molecule has 1 saturated carbocycles. The molecule has 2 rings (SSSR count). The van der Waals surface area contributed by atoms with Gasteiger partial charge in [0.25, 0.3) is 0 Å². The van der Waals surface area contributed by atoms with E-state index < -0.39 is 0 Å². The molecule has 1 aliphatic carbocycles. The van der Waals surface area contributed by atoms with Gasteiger partial charge < -0.3 is 10.1 Å². The number of carbonyl (C=O) groups excluding carboxylic acids is 1. The van der Waals surface area contributed by atoms with Crippen molar-refractivity contribution in [1.82, 2.24) is 5.32 Å². The summed E-state index contributed by atoms with van der Waals surface area (Å²) in [4.78, 5) is 12.2. The molecule has 2 fully saturated rings. The van der Waals surface area contributed by atoms with Gasteiger partial charge in [-0.3, -0.25) is 4.79 Å². The van der Waals surface area contributed by atoms with E-state index in [1.165, 1.54) is 38.5 Å². The van der Waals surface area contributed by atoms with Crippen molar-refractivity contribution in [2.45, 2.75) is 76.9 Å². The van der Waals surface area contributed by atoms with Gasteiger partial charge in [0.05, 0.1) is 0 Å². The van der Waals surface area contributed by atoms with Gasteiger partial charge in [0, 0.05) is 0 Å². The van der Waals surface area contributed by atoms with Crippen molar-refractivity contribution in [2.75, 3.05) is 6.54 Å². The Morgan fingerprint density at radius 2 is 1.89 bits per heavy atom. The van der Waals surface area contributed by atoms with E-state index >= 15 is 0 Å². The Balaban J connectivity index is 1.79. The zero-order chi connectivity index (χ0) is 12.8. The van der Waals surface area contributed by atoms with Crippen LogP contribution in [-0.2, 0) is 9.53 Å². The van der Waals surface area contributed by atoms with Gasteiger partial charge in [-0.25, -0.2) is 0 Å². The number of rotatable bonds is 3. The topological polar surface area (TPSA) is 38.3 Å². The summed E-state index contributed by atoms with van der Waals surface area (Å²) in [6.07, 6.45) is 10.7. The lowest BCUT2D eigenvalue weighted by molar-refractivity contribution is -0.153. The van der Waals surface area contributed by atoms with Crippen molar-refractivity contribution in [3.8, 4) is 0 Å². The highest BCUT2D eigenvalue weighted by Gasteiger charge is 2.28. The molecule has 3 nitrogen and oxygen atoms in total. The zero-order valence-corrected chi connectivity index (χ0v) is 11.6. The van der Waals surface area contributed by atoms with Crippen molar-refractivity contribution in [3.63, 3.8) is 0 Å². The molecule has 3 heteroatoms. The highest BCUT2D eigenvalue weighted by atomic mass is 16.5. The first kappa shape index (κ1) is 13.9. The van der Waals surface area contributed by atoms with E-state index in [0.29, 0.717) is 5.92 Å². The number of hydrogen-bond acceptors (Lipinski definition) is 3.